The number of benzene rings is 1. The highest BCUT2D eigenvalue weighted by Gasteiger charge is 1.99. The number of hydrogen-bond acceptors (Lipinski definition) is 2. The van der Waals surface area contributed by atoms with Gasteiger partial charge in [0.05, 0.1) is 6.54 Å². The lowest BCUT2D eigenvalue weighted by Gasteiger charge is -2.07. The van der Waals surface area contributed by atoms with Gasteiger partial charge in [0.2, 0.25) is 0 Å². The van der Waals surface area contributed by atoms with Gasteiger partial charge in [-0.1, -0.05) is 37.3 Å². The van der Waals surface area contributed by atoms with Crippen molar-refractivity contribution >= 4 is 17.3 Å². The first-order chi connectivity index (χ1) is 9.79. The second kappa shape index (κ2) is 7.70. The van der Waals surface area contributed by atoms with E-state index in [1.165, 1.54) is 16.0 Å². The van der Waals surface area contributed by atoms with Crippen molar-refractivity contribution in [3.63, 3.8) is 0 Å². The van der Waals surface area contributed by atoms with Crippen molar-refractivity contribution in [2.75, 3.05) is 6.54 Å². The van der Waals surface area contributed by atoms with Crippen molar-refractivity contribution in [3.8, 4) is 0 Å². The zero-order valence-electron chi connectivity index (χ0n) is 11.8. The summed E-state index contributed by atoms with van der Waals surface area (Å²) in [6.45, 7) is 3.62. The summed E-state index contributed by atoms with van der Waals surface area (Å²) in [5.74, 6) is 0.521. The number of aryl methyl sites for hydroxylation is 1. The van der Waals surface area contributed by atoms with Gasteiger partial charge in [0.1, 0.15) is 0 Å². The molecule has 4 heteroatoms. The number of nitrogens with one attached hydrogen (secondary N) is 1. The van der Waals surface area contributed by atoms with Gasteiger partial charge in [0.15, 0.2) is 5.96 Å². The molecule has 0 unspecified atom stereocenters. The lowest BCUT2D eigenvalue weighted by Crippen LogP contribution is -2.33. The molecule has 0 aliphatic rings. The van der Waals surface area contributed by atoms with Crippen molar-refractivity contribution in [1.29, 1.82) is 0 Å². The topological polar surface area (TPSA) is 50.4 Å². The Morgan fingerprint density at radius 1 is 1.20 bits per heavy atom. The van der Waals surface area contributed by atoms with Crippen molar-refractivity contribution < 1.29 is 0 Å². The van der Waals surface area contributed by atoms with Crippen LogP contribution in [0.1, 0.15) is 22.9 Å². The van der Waals surface area contributed by atoms with Crippen LogP contribution in [0.25, 0.3) is 0 Å². The number of aliphatic imine (C=N–C) groups is 1. The number of hydrogen-bond donors (Lipinski definition) is 2. The third-order valence-corrected chi connectivity index (χ3v) is 4.11. The second-order valence-corrected chi connectivity index (χ2v) is 5.61. The maximum absolute atomic E-state index is 5.89. The van der Waals surface area contributed by atoms with Crippen LogP contribution in [0.2, 0.25) is 0 Å². The average molecular weight is 287 g/mol. The van der Waals surface area contributed by atoms with Crippen molar-refractivity contribution in [3.05, 3.63) is 57.8 Å². The maximum atomic E-state index is 5.89. The standard InChI is InChI=1S/C16H21N3S/c1-2-13-6-3-4-7-14(13)12-19-16(17)18-10-9-15-8-5-11-20-15/h3-8,11H,2,9-10,12H2,1H3,(H3,17,18,19). The highest BCUT2D eigenvalue weighted by Crippen LogP contribution is 2.10. The fourth-order valence-corrected chi connectivity index (χ4v) is 2.76. The number of guanidine groups is 1. The van der Waals surface area contributed by atoms with E-state index in [1.54, 1.807) is 11.3 Å². The normalized spacial score (nSPS) is 11.6. The molecule has 0 saturated carbocycles. The van der Waals surface area contributed by atoms with Gasteiger partial charge in [-0.05, 0) is 35.4 Å². The molecule has 3 nitrogen and oxygen atoms in total. The quantitative estimate of drug-likeness (QED) is 0.634. The molecule has 1 heterocycles. The molecule has 1 aromatic heterocycles. The SMILES string of the molecule is CCc1ccccc1CN=C(N)NCCc1cccs1. The monoisotopic (exact) mass is 287 g/mol. The van der Waals surface area contributed by atoms with E-state index >= 15 is 0 Å². The first kappa shape index (κ1) is 14.6. The van der Waals surface area contributed by atoms with Crippen molar-refractivity contribution in [2.45, 2.75) is 26.3 Å². The fraction of sp³-hybridized carbons (Fsp3) is 0.312. The smallest absolute Gasteiger partial charge is 0.188 e. The Kier molecular flexibility index (Phi) is 5.62. The Bertz CT molecular complexity index is 547. The van der Waals surface area contributed by atoms with Crippen LogP contribution in [-0.4, -0.2) is 12.5 Å². The summed E-state index contributed by atoms with van der Waals surface area (Å²) in [7, 11) is 0. The third kappa shape index (κ3) is 4.38. The van der Waals surface area contributed by atoms with Gasteiger partial charge in [-0.3, -0.25) is 0 Å². The van der Waals surface area contributed by atoms with Gasteiger partial charge in [0.25, 0.3) is 0 Å². The predicted molar refractivity (Wildman–Crippen MR) is 87.2 cm³/mol. The largest absolute Gasteiger partial charge is 0.370 e. The zero-order chi connectivity index (χ0) is 14.2. The molecule has 0 fully saturated rings. The number of rotatable bonds is 6. The fourth-order valence-electron chi connectivity index (χ4n) is 2.05. The number of thiophene rings is 1. The lowest BCUT2D eigenvalue weighted by molar-refractivity contribution is 0.855. The van der Waals surface area contributed by atoms with Crippen LogP contribution >= 0.6 is 11.3 Å². The molecule has 0 bridgehead atoms. The van der Waals surface area contributed by atoms with E-state index in [2.05, 4.69) is 52.9 Å². The number of nitrogens with zero attached hydrogens (tertiary/aromatic N) is 1. The lowest BCUT2D eigenvalue weighted by atomic mass is 10.1. The minimum absolute atomic E-state index is 0.521. The summed E-state index contributed by atoms with van der Waals surface area (Å²) in [5, 5.41) is 5.25. The van der Waals surface area contributed by atoms with Gasteiger partial charge in [-0.25, -0.2) is 4.99 Å². The molecule has 1 aromatic carbocycles. The Balaban J connectivity index is 1.81. The molecule has 2 aromatic rings. The van der Waals surface area contributed by atoms with Gasteiger partial charge < -0.3 is 11.1 Å². The first-order valence-corrected chi connectivity index (χ1v) is 7.80. The molecule has 0 atom stereocenters. The highest BCUT2D eigenvalue weighted by molar-refractivity contribution is 7.09. The molecule has 2 rings (SSSR count). The van der Waals surface area contributed by atoms with E-state index in [1.807, 2.05) is 6.07 Å². The van der Waals surface area contributed by atoms with Gasteiger partial charge in [-0.15, -0.1) is 11.3 Å². The van der Waals surface area contributed by atoms with E-state index < -0.39 is 0 Å². The van der Waals surface area contributed by atoms with Crippen LogP contribution < -0.4 is 11.1 Å². The number of nitrogens with two attached hydrogens (primary N) is 1. The summed E-state index contributed by atoms with van der Waals surface area (Å²) >= 11 is 1.77. The minimum Gasteiger partial charge on any atom is -0.370 e. The second-order valence-electron chi connectivity index (χ2n) is 4.58. The van der Waals surface area contributed by atoms with Crippen molar-refractivity contribution in [1.82, 2.24) is 5.32 Å². The van der Waals surface area contributed by atoms with Crippen LogP contribution in [0, 0.1) is 0 Å². The van der Waals surface area contributed by atoms with Crippen LogP contribution in [0.15, 0.2) is 46.8 Å². The predicted octanol–water partition coefficient (Wildman–Crippen LogP) is 2.96. The summed E-state index contributed by atoms with van der Waals surface area (Å²) in [6, 6.07) is 12.6. The molecule has 0 aliphatic carbocycles. The Hall–Kier alpha value is -1.81. The Morgan fingerprint density at radius 2 is 2.00 bits per heavy atom. The van der Waals surface area contributed by atoms with Crippen molar-refractivity contribution in [2.24, 2.45) is 10.7 Å². The molecule has 0 amide bonds. The van der Waals surface area contributed by atoms with Crippen LogP contribution in [0.3, 0.4) is 0 Å². The minimum atomic E-state index is 0.521. The first-order valence-electron chi connectivity index (χ1n) is 6.92. The van der Waals surface area contributed by atoms with E-state index in [-0.39, 0.29) is 0 Å². The Morgan fingerprint density at radius 3 is 2.70 bits per heavy atom. The van der Waals surface area contributed by atoms with E-state index in [0.717, 1.165) is 19.4 Å². The molecule has 0 saturated heterocycles. The average Bonchev–Trinajstić information content (AvgIpc) is 2.98. The molecule has 0 radical (unpaired) electrons. The highest BCUT2D eigenvalue weighted by atomic mass is 32.1. The zero-order valence-corrected chi connectivity index (χ0v) is 12.6. The van der Waals surface area contributed by atoms with Crippen LogP contribution in [-0.2, 0) is 19.4 Å². The van der Waals surface area contributed by atoms with Gasteiger partial charge in [0, 0.05) is 11.4 Å². The van der Waals surface area contributed by atoms with E-state index in [0.29, 0.717) is 12.5 Å². The summed E-state index contributed by atoms with van der Waals surface area (Å²) in [4.78, 5) is 5.77. The molecule has 3 N–H and O–H groups in total. The van der Waals surface area contributed by atoms with Crippen LogP contribution in [0.4, 0.5) is 0 Å². The van der Waals surface area contributed by atoms with Gasteiger partial charge >= 0.3 is 0 Å². The maximum Gasteiger partial charge on any atom is 0.188 e. The molecular weight excluding hydrogens is 266 g/mol. The molecule has 0 spiro atoms. The molecular formula is C16H21N3S. The molecule has 20 heavy (non-hydrogen) atoms. The van der Waals surface area contributed by atoms with E-state index in [9.17, 15) is 0 Å². The summed E-state index contributed by atoms with van der Waals surface area (Å²) in [5.41, 5.74) is 8.48. The van der Waals surface area contributed by atoms with Crippen LogP contribution in [0.5, 0.6) is 0 Å². The third-order valence-electron chi connectivity index (χ3n) is 3.18. The Labute approximate surface area is 124 Å². The molecule has 0 aliphatic heterocycles. The molecule has 106 valence electrons. The van der Waals surface area contributed by atoms with Gasteiger partial charge in [-0.2, -0.15) is 0 Å². The van der Waals surface area contributed by atoms with E-state index in [4.69, 9.17) is 5.73 Å². The summed E-state index contributed by atoms with van der Waals surface area (Å²) < 4.78 is 0. The summed E-state index contributed by atoms with van der Waals surface area (Å²) in [6.07, 6.45) is 2.01.